The molecule has 1 aromatic carbocycles. The number of nitrogens with one attached hydrogen (secondary N) is 1. The number of aromatic nitrogens is 1. The van der Waals surface area contributed by atoms with Gasteiger partial charge in [-0.2, -0.15) is 0 Å². The van der Waals surface area contributed by atoms with Gasteiger partial charge in [0.1, 0.15) is 5.69 Å². The number of carbonyl (C=O) groups excluding carboxylic acids is 1. The summed E-state index contributed by atoms with van der Waals surface area (Å²) < 4.78 is 1.57. The first-order chi connectivity index (χ1) is 8.56. The fraction of sp³-hybridized carbons (Fsp3) is 0. The number of carbonyl (C=O) groups is 1. The molecule has 1 aromatic heterocycles. The van der Waals surface area contributed by atoms with Gasteiger partial charge in [0.05, 0.1) is 0 Å². The lowest BCUT2D eigenvalue weighted by Gasteiger charge is -2.06. The minimum atomic E-state index is -0.265. The number of halogens is 2. The van der Waals surface area contributed by atoms with Crippen molar-refractivity contribution < 1.29 is 4.79 Å². The van der Waals surface area contributed by atoms with Crippen molar-refractivity contribution in [3.8, 4) is 0 Å². The topological polar surface area (TPSA) is 68.0 Å². The summed E-state index contributed by atoms with van der Waals surface area (Å²) in [5, 5.41) is 2.74. The lowest BCUT2D eigenvalue weighted by Crippen LogP contribution is -2.13. The van der Waals surface area contributed by atoms with Crippen molar-refractivity contribution in [3.63, 3.8) is 0 Å². The van der Waals surface area contributed by atoms with Crippen molar-refractivity contribution in [3.05, 3.63) is 51.2 Å². The highest BCUT2D eigenvalue weighted by atomic mass is 79.9. The second-order valence-corrected chi connectivity index (χ2v) is 5.32. The quantitative estimate of drug-likeness (QED) is 0.795. The van der Waals surface area contributed by atoms with Crippen LogP contribution in [-0.2, 0) is 0 Å². The zero-order chi connectivity index (χ0) is 13.1. The van der Waals surface area contributed by atoms with Crippen molar-refractivity contribution in [2.45, 2.75) is 0 Å². The van der Waals surface area contributed by atoms with Gasteiger partial charge in [-0.05, 0) is 62.2 Å². The highest BCUT2D eigenvalue weighted by Gasteiger charge is 2.08. The highest BCUT2D eigenvalue weighted by Crippen LogP contribution is 2.23. The van der Waals surface area contributed by atoms with E-state index in [-0.39, 0.29) is 5.91 Å². The molecule has 0 saturated heterocycles. The summed E-state index contributed by atoms with van der Waals surface area (Å²) in [6.07, 6.45) is 1.58. The van der Waals surface area contributed by atoms with Crippen LogP contribution in [0, 0.1) is 0 Å². The minimum Gasteiger partial charge on any atom is -0.398 e. The normalized spacial score (nSPS) is 10.1. The first-order valence-electron chi connectivity index (χ1n) is 5.04. The Balaban J connectivity index is 2.16. The van der Waals surface area contributed by atoms with E-state index in [1.165, 1.54) is 0 Å². The van der Waals surface area contributed by atoms with Crippen LogP contribution in [0.4, 0.5) is 11.4 Å². The number of hydrogen-bond donors (Lipinski definition) is 2. The van der Waals surface area contributed by atoms with Gasteiger partial charge >= 0.3 is 0 Å². The van der Waals surface area contributed by atoms with Crippen molar-refractivity contribution in [2.75, 3.05) is 11.1 Å². The number of hydrogen-bond acceptors (Lipinski definition) is 3. The average Bonchev–Trinajstić information content (AvgIpc) is 2.34. The maximum Gasteiger partial charge on any atom is 0.274 e. The van der Waals surface area contributed by atoms with Gasteiger partial charge in [-0.25, -0.2) is 4.98 Å². The summed E-state index contributed by atoms with van der Waals surface area (Å²) in [4.78, 5) is 15.9. The van der Waals surface area contributed by atoms with E-state index in [4.69, 9.17) is 5.73 Å². The van der Waals surface area contributed by atoms with E-state index in [0.717, 1.165) is 8.95 Å². The SMILES string of the molecule is Nc1ccc(NC(=O)c2ccc(Br)cn2)cc1Br. The van der Waals surface area contributed by atoms with Crippen molar-refractivity contribution in [1.29, 1.82) is 0 Å². The third-order valence-electron chi connectivity index (χ3n) is 2.22. The van der Waals surface area contributed by atoms with Crippen LogP contribution in [0.25, 0.3) is 0 Å². The second kappa shape index (κ2) is 5.49. The summed E-state index contributed by atoms with van der Waals surface area (Å²) in [5.74, 6) is -0.265. The summed E-state index contributed by atoms with van der Waals surface area (Å²) in [6, 6.07) is 8.60. The lowest BCUT2D eigenvalue weighted by molar-refractivity contribution is 0.102. The van der Waals surface area contributed by atoms with Gasteiger partial charge in [-0.3, -0.25) is 4.79 Å². The van der Waals surface area contributed by atoms with Crippen LogP contribution < -0.4 is 11.1 Å². The van der Waals surface area contributed by atoms with Gasteiger partial charge in [0, 0.05) is 26.5 Å². The van der Waals surface area contributed by atoms with Gasteiger partial charge in [-0.15, -0.1) is 0 Å². The van der Waals surface area contributed by atoms with E-state index < -0.39 is 0 Å². The predicted molar refractivity (Wildman–Crippen MR) is 78.4 cm³/mol. The molecule has 18 heavy (non-hydrogen) atoms. The predicted octanol–water partition coefficient (Wildman–Crippen LogP) is 3.44. The molecule has 0 atom stereocenters. The molecule has 2 aromatic rings. The Morgan fingerprint density at radius 1 is 1.22 bits per heavy atom. The molecular formula is C12H9Br2N3O. The zero-order valence-electron chi connectivity index (χ0n) is 9.15. The van der Waals surface area contributed by atoms with Crippen molar-refractivity contribution in [1.82, 2.24) is 4.98 Å². The number of nitrogen functional groups attached to an aromatic ring is 1. The number of amides is 1. The molecule has 0 radical (unpaired) electrons. The van der Waals surface area contributed by atoms with Gasteiger partial charge < -0.3 is 11.1 Å². The molecule has 1 heterocycles. The third-order valence-corrected chi connectivity index (χ3v) is 3.37. The minimum absolute atomic E-state index is 0.265. The summed E-state index contributed by atoms with van der Waals surface area (Å²) in [7, 11) is 0. The van der Waals surface area contributed by atoms with E-state index in [1.54, 1.807) is 36.5 Å². The number of nitrogens with two attached hydrogens (primary N) is 1. The largest absolute Gasteiger partial charge is 0.398 e. The Hall–Kier alpha value is -1.40. The van der Waals surface area contributed by atoms with Crippen LogP contribution in [0.3, 0.4) is 0 Å². The fourth-order valence-corrected chi connectivity index (χ4v) is 1.92. The molecule has 0 fully saturated rings. The van der Waals surface area contributed by atoms with Gasteiger partial charge in [-0.1, -0.05) is 0 Å². The van der Waals surface area contributed by atoms with E-state index in [1.807, 2.05) is 0 Å². The van der Waals surface area contributed by atoms with Gasteiger partial charge in [0.15, 0.2) is 0 Å². The molecule has 0 aliphatic heterocycles. The Labute approximate surface area is 121 Å². The number of benzene rings is 1. The molecule has 0 aliphatic rings. The maximum absolute atomic E-state index is 11.9. The summed E-state index contributed by atoms with van der Waals surface area (Å²) >= 11 is 6.57. The first kappa shape index (κ1) is 13.0. The van der Waals surface area contributed by atoms with Crippen molar-refractivity contribution in [2.24, 2.45) is 0 Å². The standard InChI is InChI=1S/C12H9Br2N3O/c13-7-1-4-11(16-6-7)12(18)17-8-2-3-10(15)9(14)5-8/h1-6H,15H2,(H,17,18). The molecular weight excluding hydrogens is 362 g/mol. The molecule has 0 spiro atoms. The molecule has 0 saturated carbocycles. The molecule has 3 N–H and O–H groups in total. The van der Waals surface area contributed by atoms with Crippen LogP contribution in [0.15, 0.2) is 45.5 Å². The Morgan fingerprint density at radius 2 is 2.00 bits per heavy atom. The molecule has 6 heteroatoms. The van der Waals surface area contributed by atoms with Crippen LogP contribution in [0.2, 0.25) is 0 Å². The van der Waals surface area contributed by atoms with E-state index >= 15 is 0 Å². The third kappa shape index (κ3) is 3.08. The highest BCUT2D eigenvalue weighted by molar-refractivity contribution is 9.10. The number of rotatable bonds is 2. The lowest BCUT2D eigenvalue weighted by atomic mass is 10.2. The second-order valence-electron chi connectivity index (χ2n) is 3.55. The van der Waals surface area contributed by atoms with Crippen LogP contribution in [-0.4, -0.2) is 10.9 Å². The van der Waals surface area contributed by atoms with E-state index in [0.29, 0.717) is 17.1 Å². The maximum atomic E-state index is 11.9. The molecule has 92 valence electrons. The van der Waals surface area contributed by atoms with Crippen LogP contribution in [0.5, 0.6) is 0 Å². The zero-order valence-corrected chi connectivity index (χ0v) is 12.3. The first-order valence-corrected chi connectivity index (χ1v) is 6.63. The Morgan fingerprint density at radius 3 is 2.61 bits per heavy atom. The van der Waals surface area contributed by atoms with Crippen molar-refractivity contribution >= 4 is 49.1 Å². The molecule has 0 aliphatic carbocycles. The number of nitrogens with zero attached hydrogens (tertiary/aromatic N) is 1. The summed E-state index contributed by atoms with van der Waals surface area (Å²) in [6.45, 7) is 0. The van der Waals surface area contributed by atoms with Gasteiger partial charge in [0.25, 0.3) is 5.91 Å². The Kier molecular flexibility index (Phi) is 3.98. The van der Waals surface area contributed by atoms with E-state index in [9.17, 15) is 4.79 Å². The summed E-state index contributed by atoms with van der Waals surface area (Å²) in [5.41, 5.74) is 7.30. The Bertz CT molecular complexity index is 584. The number of anilines is 2. The molecule has 0 unspecified atom stereocenters. The smallest absolute Gasteiger partial charge is 0.274 e. The molecule has 0 bridgehead atoms. The van der Waals surface area contributed by atoms with Crippen LogP contribution in [0.1, 0.15) is 10.5 Å². The van der Waals surface area contributed by atoms with Crippen LogP contribution >= 0.6 is 31.9 Å². The molecule has 1 amide bonds. The van der Waals surface area contributed by atoms with Gasteiger partial charge in [0.2, 0.25) is 0 Å². The fourth-order valence-electron chi connectivity index (χ4n) is 1.31. The monoisotopic (exact) mass is 369 g/mol. The number of pyridine rings is 1. The van der Waals surface area contributed by atoms with E-state index in [2.05, 4.69) is 42.2 Å². The average molecular weight is 371 g/mol. The molecule has 4 nitrogen and oxygen atoms in total. The molecule has 2 rings (SSSR count).